The molecule has 0 aliphatic carbocycles. The van der Waals surface area contributed by atoms with Gasteiger partial charge >= 0.3 is 0 Å². The van der Waals surface area contributed by atoms with Gasteiger partial charge in [-0.25, -0.2) is 4.39 Å². The van der Waals surface area contributed by atoms with E-state index >= 15 is 0 Å². The molecule has 1 aliphatic rings. The molecule has 1 aliphatic heterocycles. The molecule has 172 valence electrons. The first-order valence-corrected chi connectivity index (χ1v) is 11.5. The molecule has 2 heterocycles. The van der Waals surface area contributed by atoms with Gasteiger partial charge in [-0.15, -0.1) is 0 Å². The minimum absolute atomic E-state index is 0.0373. The smallest absolute Gasteiger partial charge is 0.255 e. The van der Waals surface area contributed by atoms with Crippen molar-refractivity contribution in [1.29, 1.82) is 0 Å². The molecule has 3 aromatic rings. The zero-order valence-electron chi connectivity index (χ0n) is 18.3. The molecular formula is C25H25FN2O4S. The Labute approximate surface area is 196 Å². The fourth-order valence-corrected chi connectivity index (χ4v) is 4.36. The van der Waals surface area contributed by atoms with E-state index in [0.717, 1.165) is 11.3 Å². The number of benzene rings is 2. The molecule has 8 heteroatoms. The Morgan fingerprint density at radius 1 is 1.12 bits per heavy atom. The summed E-state index contributed by atoms with van der Waals surface area (Å²) in [5.41, 5.74) is 1.92. The van der Waals surface area contributed by atoms with Gasteiger partial charge in [0.2, 0.25) is 5.91 Å². The molecule has 0 N–H and O–H groups in total. The van der Waals surface area contributed by atoms with Crippen LogP contribution in [0.3, 0.4) is 0 Å². The maximum absolute atomic E-state index is 14.1. The largest absolute Gasteiger partial charge is 0.497 e. The summed E-state index contributed by atoms with van der Waals surface area (Å²) in [7, 11) is 1.60. The molecule has 0 bridgehead atoms. The van der Waals surface area contributed by atoms with E-state index in [0.29, 0.717) is 24.2 Å². The van der Waals surface area contributed by atoms with Crippen LogP contribution in [0.15, 0.2) is 65.4 Å². The first kappa shape index (κ1) is 22.9. The summed E-state index contributed by atoms with van der Waals surface area (Å²) in [6.45, 7) is 0.941. The van der Waals surface area contributed by atoms with Crippen LogP contribution in [-0.4, -0.2) is 54.5 Å². The lowest BCUT2D eigenvalue weighted by Gasteiger charge is -2.25. The van der Waals surface area contributed by atoms with Crippen molar-refractivity contribution in [2.75, 3.05) is 26.7 Å². The fourth-order valence-electron chi connectivity index (χ4n) is 3.73. The van der Waals surface area contributed by atoms with Gasteiger partial charge in [-0.3, -0.25) is 9.59 Å². The summed E-state index contributed by atoms with van der Waals surface area (Å²) in [4.78, 5) is 29.3. The van der Waals surface area contributed by atoms with Gasteiger partial charge in [-0.05, 0) is 35.2 Å². The van der Waals surface area contributed by atoms with Crippen molar-refractivity contribution >= 4 is 23.2 Å². The number of methoxy groups -OCH3 is 1. The van der Waals surface area contributed by atoms with Crippen LogP contribution < -0.4 is 4.74 Å². The van der Waals surface area contributed by atoms with Crippen molar-refractivity contribution in [3.05, 3.63) is 87.9 Å². The number of hydrogen-bond donors (Lipinski definition) is 0. The highest BCUT2D eigenvalue weighted by Gasteiger charge is 2.31. The molecule has 0 saturated carbocycles. The molecule has 0 radical (unpaired) electrons. The molecule has 1 atom stereocenters. The number of carbonyl (C=O) groups excluding carboxylic acids is 2. The SMILES string of the molecule is COc1ccc(CN2CC(OCc3ccccc3F)CN(C(=O)c3ccsc3)CC2=O)cc1. The van der Waals surface area contributed by atoms with Crippen LogP contribution in [0, 0.1) is 5.82 Å². The Morgan fingerprint density at radius 3 is 2.61 bits per heavy atom. The van der Waals surface area contributed by atoms with Crippen LogP contribution in [-0.2, 0) is 22.7 Å². The second kappa shape index (κ2) is 10.6. The highest BCUT2D eigenvalue weighted by atomic mass is 32.1. The lowest BCUT2D eigenvalue weighted by molar-refractivity contribution is -0.132. The van der Waals surface area contributed by atoms with Crippen molar-refractivity contribution in [2.24, 2.45) is 0 Å². The molecule has 2 aromatic carbocycles. The molecule has 1 fully saturated rings. The van der Waals surface area contributed by atoms with E-state index in [4.69, 9.17) is 9.47 Å². The summed E-state index contributed by atoms with van der Waals surface area (Å²) in [6, 6.07) is 15.7. The lowest BCUT2D eigenvalue weighted by Crippen LogP contribution is -2.39. The average Bonchev–Trinajstić information content (AvgIpc) is 3.32. The number of hydrogen-bond acceptors (Lipinski definition) is 5. The van der Waals surface area contributed by atoms with Crippen molar-refractivity contribution in [2.45, 2.75) is 19.3 Å². The highest BCUT2D eigenvalue weighted by molar-refractivity contribution is 7.08. The third-order valence-corrected chi connectivity index (χ3v) is 6.23. The number of carbonyl (C=O) groups is 2. The van der Waals surface area contributed by atoms with Crippen LogP contribution in [0.4, 0.5) is 4.39 Å². The van der Waals surface area contributed by atoms with Crippen LogP contribution in [0.25, 0.3) is 0 Å². The second-order valence-corrected chi connectivity index (χ2v) is 8.62. The van der Waals surface area contributed by atoms with Gasteiger partial charge < -0.3 is 19.3 Å². The molecule has 1 saturated heterocycles. The topological polar surface area (TPSA) is 59.1 Å². The Hall–Kier alpha value is -3.23. The van der Waals surface area contributed by atoms with Crippen LogP contribution in [0.5, 0.6) is 5.75 Å². The molecule has 1 unspecified atom stereocenters. The normalized spacial score (nSPS) is 16.5. The van der Waals surface area contributed by atoms with E-state index in [1.165, 1.54) is 22.3 Å². The van der Waals surface area contributed by atoms with Crippen molar-refractivity contribution in [3.8, 4) is 5.75 Å². The molecule has 0 spiro atoms. The van der Waals surface area contributed by atoms with Gasteiger partial charge in [0, 0.05) is 30.6 Å². The maximum Gasteiger partial charge on any atom is 0.255 e. The zero-order chi connectivity index (χ0) is 23.2. The lowest BCUT2D eigenvalue weighted by atomic mass is 10.2. The summed E-state index contributed by atoms with van der Waals surface area (Å²) in [6.07, 6.45) is -0.461. The standard InChI is InChI=1S/C25H25FN2O4S/c1-31-21-8-6-18(7-9-21)12-27-13-22(32-16-19-4-2-3-5-23(19)26)14-28(15-24(27)29)25(30)20-10-11-33-17-20/h2-11,17,22H,12-16H2,1H3. The van der Waals surface area contributed by atoms with E-state index in [1.54, 1.807) is 41.7 Å². The number of rotatable bonds is 7. The third kappa shape index (κ3) is 5.77. The van der Waals surface area contributed by atoms with Crippen molar-refractivity contribution in [3.63, 3.8) is 0 Å². The van der Waals surface area contributed by atoms with E-state index in [-0.39, 0.29) is 37.3 Å². The van der Waals surface area contributed by atoms with Gasteiger partial charge in [-0.2, -0.15) is 11.3 Å². The monoisotopic (exact) mass is 468 g/mol. The number of nitrogens with zero attached hydrogens (tertiary/aromatic N) is 2. The highest BCUT2D eigenvalue weighted by Crippen LogP contribution is 2.19. The first-order valence-electron chi connectivity index (χ1n) is 10.6. The average molecular weight is 469 g/mol. The van der Waals surface area contributed by atoms with Crippen LogP contribution >= 0.6 is 11.3 Å². The zero-order valence-corrected chi connectivity index (χ0v) is 19.1. The molecule has 1 aromatic heterocycles. The maximum atomic E-state index is 14.1. The quantitative estimate of drug-likeness (QED) is 0.527. The van der Waals surface area contributed by atoms with E-state index in [9.17, 15) is 14.0 Å². The van der Waals surface area contributed by atoms with Gasteiger partial charge in [0.25, 0.3) is 5.91 Å². The van der Waals surface area contributed by atoms with Crippen LogP contribution in [0.2, 0.25) is 0 Å². The van der Waals surface area contributed by atoms with E-state index < -0.39 is 6.10 Å². The molecule has 6 nitrogen and oxygen atoms in total. The van der Waals surface area contributed by atoms with Crippen molar-refractivity contribution in [1.82, 2.24) is 9.80 Å². The molecule has 33 heavy (non-hydrogen) atoms. The summed E-state index contributed by atoms with van der Waals surface area (Å²) >= 11 is 1.43. The second-order valence-electron chi connectivity index (χ2n) is 7.84. The Kier molecular flexibility index (Phi) is 7.36. The number of ether oxygens (including phenoxy) is 2. The predicted octanol–water partition coefficient (Wildman–Crippen LogP) is 3.97. The van der Waals surface area contributed by atoms with Crippen LogP contribution in [0.1, 0.15) is 21.5 Å². The Morgan fingerprint density at radius 2 is 1.91 bits per heavy atom. The van der Waals surface area contributed by atoms with Crippen molar-refractivity contribution < 1.29 is 23.5 Å². The predicted molar refractivity (Wildman–Crippen MR) is 124 cm³/mol. The minimum atomic E-state index is -0.461. The fraction of sp³-hybridized carbons (Fsp3) is 0.280. The summed E-state index contributed by atoms with van der Waals surface area (Å²) in [5.74, 6) is 0.0184. The number of thiophene rings is 1. The minimum Gasteiger partial charge on any atom is -0.497 e. The third-order valence-electron chi connectivity index (χ3n) is 5.55. The van der Waals surface area contributed by atoms with Gasteiger partial charge in [-0.1, -0.05) is 30.3 Å². The van der Waals surface area contributed by atoms with Gasteiger partial charge in [0.05, 0.1) is 25.4 Å². The van der Waals surface area contributed by atoms with Gasteiger partial charge in [0.1, 0.15) is 18.1 Å². The Balaban J connectivity index is 1.52. The molecule has 2 amide bonds. The van der Waals surface area contributed by atoms with E-state index in [2.05, 4.69) is 0 Å². The molecule has 4 rings (SSSR count). The van der Waals surface area contributed by atoms with Gasteiger partial charge in [0.15, 0.2) is 0 Å². The Bertz CT molecular complexity index is 1090. The van der Waals surface area contributed by atoms with E-state index in [1.807, 2.05) is 29.6 Å². The summed E-state index contributed by atoms with van der Waals surface area (Å²) < 4.78 is 25.3. The number of halogens is 1. The number of amides is 2. The first-order chi connectivity index (χ1) is 16.0. The molecular weight excluding hydrogens is 443 g/mol. The summed E-state index contributed by atoms with van der Waals surface area (Å²) in [5, 5.41) is 3.59.